The summed E-state index contributed by atoms with van der Waals surface area (Å²) >= 11 is 7.78. The number of hydrazone groups is 1. The van der Waals surface area contributed by atoms with E-state index in [1.165, 1.54) is 15.9 Å². The number of oxazole rings is 1. The Morgan fingerprint density at radius 1 is 1.23 bits per heavy atom. The van der Waals surface area contributed by atoms with Gasteiger partial charge in [0, 0.05) is 18.0 Å². The van der Waals surface area contributed by atoms with Crippen molar-refractivity contribution in [3.05, 3.63) is 56.8 Å². The van der Waals surface area contributed by atoms with Crippen molar-refractivity contribution < 1.29 is 13.9 Å². The highest BCUT2D eigenvalue weighted by Crippen LogP contribution is 2.33. The number of nitrogens with zero attached hydrogens (tertiary/aromatic N) is 3. The summed E-state index contributed by atoms with van der Waals surface area (Å²) in [4.78, 5) is 16.2. The molecule has 8 nitrogen and oxygen atoms in total. The molecule has 1 N–H and O–H groups in total. The molecule has 10 heteroatoms. The highest BCUT2D eigenvalue weighted by molar-refractivity contribution is 7.14. The van der Waals surface area contributed by atoms with Crippen LogP contribution in [0.15, 0.2) is 50.0 Å². The van der Waals surface area contributed by atoms with Gasteiger partial charge in [0.05, 0.1) is 36.7 Å². The maximum Gasteiger partial charge on any atom is 0.419 e. The minimum Gasteiger partial charge on any atom is -0.493 e. The van der Waals surface area contributed by atoms with Crippen molar-refractivity contribution >= 4 is 45.4 Å². The monoisotopic (exact) mass is 444 g/mol. The lowest BCUT2D eigenvalue weighted by Crippen LogP contribution is -2.08. The van der Waals surface area contributed by atoms with Crippen LogP contribution >= 0.6 is 22.9 Å². The summed E-state index contributed by atoms with van der Waals surface area (Å²) in [5, 5.41) is 7.13. The molecule has 0 spiro atoms. The van der Waals surface area contributed by atoms with Gasteiger partial charge < -0.3 is 13.9 Å². The molecular formula is C20H17ClN4O4S. The van der Waals surface area contributed by atoms with E-state index in [0.29, 0.717) is 44.0 Å². The van der Waals surface area contributed by atoms with E-state index in [1.54, 1.807) is 39.6 Å². The molecule has 30 heavy (non-hydrogen) atoms. The Morgan fingerprint density at radius 2 is 2.03 bits per heavy atom. The number of hydrogen-bond donors (Lipinski definition) is 1. The van der Waals surface area contributed by atoms with E-state index in [-0.39, 0.29) is 0 Å². The first kappa shape index (κ1) is 20.0. The fourth-order valence-electron chi connectivity index (χ4n) is 2.89. The van der Waals surface area contributed by atoms with Crippen LogP contribution in [0.1, 0.15) is 5.56 Å². The van der Waals surface area contributed by atoms with Crippen LogP contribution in [0.4, 0.5) is 5.13 Å². The molecule has 0 fully saturated rings. The van der Waals surface area contributed by atoms with Gasteiger partial charge in [-0.25, -0.2) is 9.78 Å². The number of methoxy groups -OCH3 is 2. The minimum absolute atomic E-state index is 0.441. The van der Waals surface area contributed by atoms with Crippen molar-refractivity contribution in [3.63, 3.8) is 0 Å². The molecule has 154 valence electrons. The van der Waals surface area contributed by atoms with Gasteiger partial charge in [-0.3, -0.25) is 9.99 Å². The van der Waals surface area contributed by atoms with Crippen LogP contribution in [-0.2, 0) is 7.05 Å². The standard InChI is InChI=1S/C20H17ClN4O4S/c1-25-15-8-13(21)12(7-17(15)29-20(25)26)14-10-30-19(23-14)24-22-9-11-4-5-16(27-2)18(6-11)28-3/h4-10H,1-3H3,(H,23,24)/b22-9+. The molecule has 0 radical (unpaired) electrons. The second-order valence-corrected chi connectivity index (χ2v) is 7.51. The molecule has 0 atom stereocenters. The van der Waals surface area contributed by atoms with Crippen LogP contribution in [0, 0.1) is 0 Å². The van der Waals surface area contributed by atoms with Crippen molar-refractivity contribution in [2.24, 2.45) is 12.1 Å². The first-order chi connectivity index (χ1) is 14.5. The predicted octanol–water partition coefficient (Wildman–Crippen LogP) is 4.37. The second kappa shape index (κ2) is 8.21. The third-order valence-corrected chi connectivity index (χ3v) is 5.50. The second-order valence-electron chi connectivity index (χ2n) is 6.25. The third kappa shape index (κ3) is 3.77. The van der Waals surface area contributed by atoms with Crippen LogP contribution < -0.4 is 20.7 Å². The lowest BCUT2D eigenvalue weighted by atomic mass is 10.1. The van der Waals surface area contributed by atoms with E-state index in [0.717, 1.165) is 5.56 Å². The van der Waals surface area contributed by atoms with Gasteiger partial charge in [-0.2, -0.15) is 5.10 Å². The fraction of sp³-hybridized carbons (Fsp3) is 0.150. The van der Waals surface area contributed by atoms with Crippen LogP contribution in [0.25, 0.3) is 22.4 Å². The van der Waals surface area contributed by atoms with Crippen LogP contribution in [0.2, 0.25) is 5.02 Å². The van der Waals surface area contributed by atoms with Gasteiger partial charge >= 0.3 is 5.76 Å². The minimum atomic E-state index is -0.441. The normalized spacial score (nSPS) is 11.3. The molecule has 2 heterocycles. The number of aryl methyl sites for hydroxylation is 1. The van der Waals surface area contributed by atoms with Gasteiger partial charge in [0.25, 0.3) is 0 Å². The number of thiazole rings is 1. The molecule has 0 aliphatic rings. The van der Waals surface area contributed by atoms with Crippen molar-refractivity contribution in [1.82, 2.24) is 9.55 Å². The summed E-state index contributed by atoms with van der Waals surface area (Å²) in [6.45, 7) is 0. The Morgan fingerprint density at radius 3 is 2.80 bits per heavy atom. The number of nitrogens with one attached hydrogen (secondary N) is 1. The molecule has 2 aromatic heterocycles. The SMILES string of the molecule is COc1ccc(/C=N/Nc2nc(-c3cc4oc(=O)n(C)c4cc3Cl)cs2)cc1OC. The molecular weight excluding hydrogens is 428 g/mol. The van der Waals surface area contributed by atoms with E-state index in [9.17, 15) is 4.79 Å². The maximum absolute atomic E-state index is 11.7. The van der Waals surface area contributed by atoms with E-state index in [1.807, 2.05) is 23.6 Å². The molecule has 0 unspecified atom stereocenters. The Kier molecular flexibility index (Phi) is 5.47. The first-order valence-electron chi connectivity index (χ1n) is 8.76. The van der Waals surface area contributed by atoms with E-state index < -0.39 is 5.76 Å². The van der Waals surface area contributed by atoms with Gasteiger partial charge in [-0.1, -0.05) is 11.6 Å². The Labute approximate surface area is 180 Å². The maximum atomic E-state index is 11.7. The Bertz CT molecular complexity index is 1310. The molecule has 0 bridgehead atoms. The van der Waals surface area contributed by atoms with Gasteiger partial charge in [-0.15, -0.1) is 11.3 Å². The molecule has 0 amide bonds. The number of anilines is 1. The summed E-state index contributed by atoms with van der Waals surface area (Å²) < 4.78 is 17.2. The first-order valence-corrected chi connectivity index (χ1v) is 10.0. The number of hydrogen-bond acceptors (Lipinski definition) is 8. The zero-order chi connectivity index (χ0) is 21.3. The van der Waals surface area contributed by atoms with Crippen molar-refractivity contribution in [2.75, 3.05) is 19.6 Å². The van der Waals surface area contributed by atoms with Crippen LogP contribution in [0.3, 0.4) is 0 Å². The summed E-state index contributed by atoms with van der Waals surface area (Å²) in [5.74, 6) is 0.828. The summed E-state index contributed by atoms with van der Waals surface area (Å²) in [6, 6.07) is 8.90. The van der Waals surface area contributed by atoms with Crippen LogP contribution in [0.5, 0.6) is 11.5 Å². The van der Waals surface area contributed by atoms with Crippen molar-refractivity contribution in [3.8, 4) is 22.8 Å². The van der Waals surface area contributed by atoms with E-state index >= 15 is 0 Å². The largest absolute Gasteiger partial charge is 0.493 e. The van der Waals surface area contributed by atoms with Crippen LogP contribution in [-0.4, -0.2) is 30.0 Å². The van der Waals surface area contributed by atoms with Crippen molar-refractivity contribution in [1.29, 1.82) is 0 Å². The topological polar surface area (TPSA) is 90.9 Å². The molecule has 0 saturated heterocycles. The Balaban J connectivity index is 1.54. The number of fused-ring (bicyclic) bond motifs is 1. The predicted molar refractivity (Wildman–Crippen MR) is 118 cm³/mol. The highest BCUT2D eigenvalue weighted by Gasteiger charge is 2.14. The quantitative estimate of drug-likeness (QED) is 0.350. The van der Waals surface area contributed by atoms with E-state index in [2.05, 4.69) is 15.5 Å². The highest BCUT2D eigenvalue weighted by atomic mass is 35.5. The number of halogens is 1. The zero-order valence-electron chi connectivity index (χ0n) is 16.3. The molecule has 0 aliphatic heterocycles. The molecule has 0 aliphatic carbocycles. The lowest BCUT2D eigenvalue weighted by Gasteiger charge is -2.07. The summed E-state index contributed by atoms with van der Waals surface area (Å²) in [7, 11) is 4.80. The summed E-state index contributed by atoms with van der Waals surface area (Å²) in [6.07, 6.45) is 1.65. The Hall–Kier alpha value is -3.30. The molecule has 4 rings (SSSR count). The lowest BCUT2D eigenvalue weighted by molar-refractivity contribution is 0.355. The summed E-state index contributed by atoms with van der Waals surface area (Å²) in [5.41, 5.74) is 6.15. The van der Waals surface area contributed by atoms with Crippen molar-refractivity contribution in [2.45, 2.75) is 0 Å². The number of rotatable bonds is 6. The average Bonchev–Trinajstić information content (AvgIpc) is 3.32. The fourth-order valence-corrected chi connectivity index (χ4v) is 3.80. The third-order valence-electron chi connectivity index (χ3n) is 4.44. The van der Waals surface area contributed by atoms with Gasteiger partial charge in [0.15, 0.2) is 17.1 Å². The van der Waals surface area contributed by atoms with Gasteiger partial charge in [0.2, 0.25) is 5.13 Å². The zero-order valence-corrected chi connectivity index (χ0v) is 17.9. The van der Waals surface area contributed by atoms with Gasteiger partial charge in [-0.05, 0) is 35.9 Å². The number of aromatic nitrogens is 2. The average molecular weight is 445 g/mol. The molecule has 4 aromatic rings. The number of benzene rings is 2. The molecule has 0 saturated carbocycles. The molecule has 2 aromatic carbocycles. The number of ether oxygens (including phenoxy) is 2. The van der Waals surface area contributed by atoms with Gasteiger partial charge in [0.1, 0.15) is 0 Å². The van der Waals surface area contributed by atoms with E-state index in [4.69, 9.17) is 25.5 Å². The smallest absolute Gasteiger partial charge is 0.419 e.